The summed E-state index contributed by atoms with van der Waals surface area (Å²) in [5.74, 6) is 4.01. The molecule has 4 rings (SSSR count). The second kappa shape index (κ2) is 8.18. The molecule has 4 aliphatic rings. The largest absolute Gasteiger partial charge is 0.393 e. The fourth-order valence-electron chi connectivity index (χ4n) is 9.04. The van der Waals surface area contributed by atoms with E-state index in [4.69, 9.17) is 0 Å². The van der Waals surface area contributed by atoms with Gasteiger partial charge in [-0.1, -0.05) is 34.6 Å². The molecule has 0 bridgehead atoms. The SMILES string of the molecule is CC(C)C(=O)CC[C@@H](C)[C@H]1CC[C@H]2[C@@H]3[C@H](O)C[C@H]4C[C@@H](O)CC[C@]4(C)[C@H]3CC[C@]12C. The molecule has 0 aromatic carbocycles. The van der Waals surface area contributed by atoms with E-state index in [1.54, 1.807) is 0 Å². The van der Waals surface area contributed by atoms with Crippen molar-refractivity contribution in [3.05, 3.63) is 0 Å². The molecule has 0 unspecified atom stereocenters. The van der Waals surface area contributed by atoms with Gasteiger partial charge >= 0.3 is 0 Å². The highest BCUT2D eigenvalue weighted by Crippen LogP contribution is 2.68. The van der Waals surface area contributed by atoms with Crippen molar-refractivity contribution >= 4 is 5.78 Å². The Labute approximate surface area is 184 Å². The Hall–Kier alpha value is -0.410. The third-order valence-corrected chi connectivity index (χ3v) is 10.9. The first-order valence-corrected chi connectivity index (χ1v) is 13.0. The molecule has 4 saturated carbocycles. The Balaban J connectivity index is 1.51. The van der Waals surface area contributed by atoms with Gasteiger partial charge in [-0.15, -0.1) is 0 Å². The van der Waals surface area contributed by atoms with Gasteiger partial charge in [-0.2, -0.15) is 0 Å². The highest BCUT2D eigenvalue weighted by atomic mass is 16.3. The number of ketones is 1. The summed E-state index contributed by atoms with van der Waals surface area (Å²) in [5.41, 5.74) is 0.623. The van der Waals surface area contributed by atoms with E-state index in [9.17, 15) is 15.0 Å². The quantitative estimate of drug-likeness (QED) is 0.609. The minimum absolute atomic E-state index is 0.152. The molecule has 0 aromatic heterocycles. The van der Waals surface area contributed by atoms with E-state index >= 15 is 0 Å². The van der Waals surface area contributed by atoms with Crippen LogP contribution in [0.2, 0.25) is 0 Å². The summed E-state index contributed by atoms with van der Waals surface area (Å²) in [4.78, 5) is 12.2. The molecule has 0 heterocycles. The molecule has 4 aliphatic carbocycles. The number of hydrogen-bond acceptors (Lipinski definition) is 3. The number of aliphatic hydroxyl groups is 2. The number of carbonyl (C=O) groups is 1. The van der Waals surface area contributed by atoms with E-state index < -0.39 is 0 Å². The van der Waals surface area contributed by atoms with E-state index in [1.165, 1.54) is 25.7 Å². The predicted octanol–water partition coefficient (Wildman–Crippen LogP) is 5.62. The number of fused-ring (bicyclic) bond motifs is 5. The normalized spacial score (nSPS) is 49.3. The van der Waals surface area contributed by atoms with Gasteiger partial charge in [-0.3, -0.25) is 4.79 Å². The Morgan fingerprint density at radius 1 is 0.933 bits per heavy atom. The lowest BCUT2D eigenvalue weighted by atomic mass is 9.43. The van der Waals surface area contributed by atoms with Crippen molar-refractivity contribution in [2.75, 3.05) is 0 Å². The third-order valence-electron chi connectivity index (χ3n) is 10.9. The van der Waals surface area contributed by atoms with Gasteiger partial charge in [0.15, 0.2) is 0 Å². The molecule has 3 heteroatoms. The van der Waals surface area contributed by atoms with Gasteiger partial charge in [0.05, 0.1) is 12.2 Å². The number of hydrogen-bond donors (Lipinski definition) is 2. The molecule has 10 atom stereocenters. The van der Waals surface area contributed by atoms with Crippen molar-refractivity contribution < 1.29 is 15.0 Å². The number of carbonyl (C=O) groups excluding carboxylic acids is 1. The van der Waals surface area contributed by atoms with Gasteiger partial charge in [0, 0.05) is 12.3 Å². The molecule has 0 aliphatic heterocycles. The summed E-state index contributed by atoms with van der Waals surface area (Å²) in [6.07, 6.45) is 10.3. The van der Waals surface area contributed by atoms with Crippen LogP contribution < -0.4 is 0 Å². The molecular formula is C27H46O3. The van der Waals surface area contributed by atoms with Crippen molar-refractivity contribution in [3.63, 3.8) is 0 Å². The van der Waals surface area contributed by atoms with E-state index in [0.29, 0.717) is 52.1 Å². The first-order chi connectivity index (χ1) is 14.1. The van der Waals surface area contributed by atoms with Gasteiger partial charge in [-0.25, -0.2) is 0 Å². The van der Waals surface area contributed by atoms with Crippen LogP contribution in [0.25, 0.3) is 0 Å². The van der Waals surface area contributed by atoms with Crippen LogP contribution in [0.4, 0.5) is 0 Å². The minimum atomic E-state index is -0.195. The average Bonchev–Trinajstić information content (AvgIpc) is 3.04. The van der Waals surface area contributed by atoms with Gasteiger partial charge < -0.3 is 10.2 Å². The van der Waals surface area contributed by atoms with Crippen LogP contribution in [-0.2, 0) is 4.79 Å². The molecule has 0 saturated heterocycles. The summed E-state index contributed by atoms with van der Waals surface area (Å²) in [6.45, 7) is 11.4. The zero-order valence-corrected chi connectivity index (χ0v) is 20.1. The third kappa shape index (κ3) is 3.60. The second-order valence-corrected chi connectivity index (χ2v) is 12.6. The van der Waals surface area contributed by atoms with Crippen molar-refractivity contribution in [1.29, 1.82) is 0 Å². The van der Waals surface area contributed by atoms with Gasteiger partial charge in [0.2, 0.25) is 0 Å². The first kappa shape index (κ1) is 22.8. The maximum atomic E-state index is 12.2. The summed E-state index contributed by atoms with van der Waals surface area (Å²) in [7, 11) is 0. The first-order valence-electron chi connectivity index (χ1n) is 13.0. The fraction of sp³-hybridized carbons (Fsp3) is 0.963. The molecule has 2 N–H and O–H groups in total. The molecule has 30 heavy (non-hydrogen) atoms. The molecule has 0 spiro atoms. The summed E-state index contributed by atoms with van der Waals surface area (Å²) >= 11 is 0. The lowest BCUT2D eigenvalue weighted by Crippen LogP contribution is -2.58. The Kier molecular flexibility index (Phi) is 6.21. The van der Waals surface area contributed by atoms with E-state index in [0.717, 1.165) is 38.5 Å². The maximum absolute atomic E-state index is 12.2. The fourth-order valence-corrected chi connectivity index (χ4v) is 9.04. The Morgan fingerprint density at radius 2 is 1.60 bits per heavy atom. The smallest absolute Gasteiger partial charge is 0.135 e. The molecule has 0 radical (unpaired) electrons. The Morgan fingerprint density at radius 3 is 2.30 bits per heavy atom. The number of Topliss-reactive ketones (excluding diaryl/α,β-unsaturated/α-hetero) is 1. The van der Waals surface area contributed by atoms with E-state index in [-0.39, 0.29) is 18.1 Å². The van der Waals surface area contributed by atoms with Crippen LogP contribution in [0, 0.1) is 52.3 Å². The lowest BCUT2D eigenvalue weighted by molar-refractivity contribution is -0.174. The Bertz CT molecular complexity index is 644. The van der Waals surface area contributed by atoms with Crippen molar-refractivity contribution in [2.24, 2.45) is 52.3 Å². The number of aliphatic hydroxyl groups excluding tert-OH is 2. The van der Waals surface area contributed by atoms with Crippen molar-refractivity contribution in [3.8, 4) is 0 Å². The molecule has 0 amide bonds. The van der Waals surface area contributed by atoms with Crippen LogP contribution in [0.3, 0.4) is 0 Å². The highest BCUT2D eigenvalue weighted by Gasteiger charge is 2.62. The molecule has 3 nitrogen and oxygen atoms in total. The second-order valence-electron chi connectivity index (χ2n) is 12.6. The zero-order valence-electron chi connectivity index (χ0n) is 20.1. The predicted molar refractivity (Wildman–Crippen MR) is 121 cm³/mol. The van der Waals surface area contributed by atoms with Crippen molar-refractivity contribution in [2.45, 2.75) is 111 Å². The van der Waals surface area contributed by atoms with Gasteiger partial charge in [0.1, 0.15) is 5.78 Å². The van der Waals surface area contributed by atoms with Crippen LogP contribution in [0.5, 0.6) is 0 Å². The molecule has 0 aromatic rings. The van der Waals surface area contributed by atoms with Gasteiger partial charge in [0.25, 0.3) is 0 Å². The van der Waals surface area contributed by atoms with Crippen molar-refractivity contribution in [1.82, 2.24) is 0 Å². The minimum Gasteiger partial charge on any atom is -0.393 e. The van der Waals surface area contributed by atoms with E-state index in [2.05, 4.69) is 20.8 Å². The topological polar surface area (TPSA) is 57.5 Å². The summed E-state index contributed by atoms with van der Waals surface area (Å²) in [6, 6.07) is 0. The van der Waals surface area contributed by atoms with Crippen LogP contribution in [0.1, 0.15) is 98.8 Å². The highest BCUT2D eigenvalue weighted by molar-refractivity contribution is 5.80. The maximum Gasteiger partial charge on any atom is 0.135 e. The monoisotopic (exact) mass is 418 g/mol. The van der Waals surface area contributed by atoms with Crippen LogP contribution in [0.15, 0.2) is 0 Å². The van der Waals surface area contributed by atoms with Gasteiger partial charge in [-0.05, 0) is 104 Å². The average molecular weight is 419 g/mol. The standard InChI is InChI=1S/C27H46O3/c1-16(2)23(29)9-6-17(3)20-7-8-21-25-22(11-13-27(20,21)5)26(4)12-10-19(28)14-18(26)15-24(25)30/h16-22,24-25,28,30H,6-15H2,1-5H3/t17-,18-,19+,20-,21+,22+,24-,25+,26+,27-/m1/s1. The summed E-state index contributed by atoms with van der Waals surface area (Å²) in [5, 5.41) is 21.6. The van der Waals surface area contributed by atoms with E-state index in [1.807, 2.05) is 13.8 Å². The number of rotatable bonds is 5. The lowest BCUT2D eigenvalue weighted by Gasteiger charge is -2.62. The zero-order chi connectivity index (χ0) is 21.8. The summed E-state index contributed by atoms with van der Waals surface area (Å²) < 4.78 is 0. The molecule has 172 valence electrons. The molecule has 4 fully saturated rings. The van der Waals surface area contributed by atoms with Crippen LogP contribution in [-0.4, -0.2) is 28.2 Å². The van der Waals surface area contributed by atoms with Crippen LogP contribution >= 0.6 is 0 Å². The molecular weight excluding hydrogens is 372 g/mol.